The Bertz CT molecular complexity index is 551. The van der Waals surface area contributed by atoms with Crippen LogP contribution in [0.3, 0.4) is 0 Å². The minimum Gasteiger partial charge on any atom is -0.450 e. The third-order valence-electron chi connectivity index (χ3n) is 2.48. The van der Waals surface area contributed by atoms with Crippen molar-refractivity contribution in [1.29, 1.82) is 0 Å². The van der Waals surface area contributed by atoms with Crippen molar-refractivity contribution < 1.29 is 17.9 Å². The quantitative estimate of drug-likeness (QED) is 0.872. The number of ether oxygens (including phenoxy) is 1. The van der Waals surface area contributed by atoms with Crippen LogP contribution in [0.4, 0.5) is 10.5 Å². The average molecular weight is 255 g/mol. The first-order valence-corrected chi connectivity index (χ1v) is 7.08. The van der Waals surface area contributed by atoms with Crippen LogP contribution in [0, 0.1) is 0 Å². The minimum atomic E-state index is -3.00. The van der Waals surface area contributed by atoms with E-state index in [0.29, 0.717) is 12.3 Å². The van der Waals surface area contributed by atoms with Crippen LogP contribution >= 0.6 is 0 Å². The first-order valence-electron chi connectivity index (χ1n) is 5.26. The molecule has 0 atom stereocenters. The summed E-state index contributed by atoms with van der Waals surface area (Å²) in [6.07, 6.45) is -0.534. The topological polar surface area (TPSA) is 72.5 Å². The number of hydrogen-bond acceptors (Lipinski definition) is 4. The summed E-state index contributed by atoms with van der Waals surface area (Å²) in [5.41, 5.74) is 2.11. The minimum absolute atomic E-state index is 0.0423. The molecule has 0 aromatic heterocycles. The fraction of sp³-hybridized carbons (Fsp3) is 0.364. The molecule has 5 nitrogen and oxygen atoms in total. The number of carbonyl (C=O) groups is 1. The predicted molar refractivity (Wildman–Crippen MR) is 63.4 cm³/mol. The lowest BCUT2D eigenvalue weighted by atomic mass is 10.1. The highest BCUT2D eigenvalue weighted by atomic mass is 32.2. The molecule has 1 aliphatic rings. The van der Waals surface area contributed by atoms with Gasteiger partial charge in [0.1, 0.15) is 0 Å². The number of sulfone groups is 1. The molecule has 0 saturated carbocycles. The van der Waals surface area contributed by atoms with E-state index in [4.69, 9.17) is 4.74 Å². The summed E-state index contributed by atoms with van der Waals surface area (Å²) in [7, 11) is -3.00. The van der Waals surface area contributed by atoms with Gasteiger partial charge >= 0.3 is 6.09 Å². The number of carbonyl (C=O) groups excluding carboxylic acids is 1. The summed E-state index contributed by atoms with van der Waals surface area (Å²) in [6, 6.07) is 5.08. The number of benzene rings is 1. The molecule has 0 spiro atoms. The predicted octanol–water partition coefficient (Wildman–Crippen LogP) is 1.68. The van der Waals surface area contributed by atoms with Gasteiger partial charge in [-0.1, -0.05) is 6.07 Å². The fourth-order valence-electron chi connectivity index (χ4n) is 1.79. The SMILES string of the molecule is CCOC(=O)Nc1ccc2c(c1)CS(=O)(=O)C2. The summed E-state index contributed by atoms with van der Waals surface area (Å²) in [4.78, 5) is 11.2. The molecule has 1 N–H and O–H groups in total. The van der Waals surface area contributed by atoms with Gasteiger partial charge in [-0.3, -0.25) is 5.32 Å². The number of rotatable bonds is 2. The van der Waals surface area contributed by atoms with Gasteiger partial charge in [0.15, 0.2) is 9.84 Å². The van der Waals surface area contributed by atoms with Crippen LogP contribution in [-0.4, -0.2) is 21.1 Å². The van der Waals surface area contributed by atoms with Gasteiger partial charge in [-0.2, -0.15) is 0 Å². The zero-order valence-electron chi connectivity index (χ0n) is 9.39. The Morgan fingerprint density at radius 1 is 1.35 bits per heavy atom. The van der Waals surface area contributed by atoms with Crippen LogP contribution < -0.4 is 5.32 Å². The van der Waals surface area contributed by atoms with E-state index in [1.165, 1.54) is 0 Å². The third kappa shape index (κ3) is 2.76. The van der Waals surface area contributed by atoms with E-state index in [0.717, 1.165) is 11.1 Å². The summed E-state index contributed by atoms with van der Waals surface area (Å²) < 4.78 is 27.6. The van der Waals surface area contributed by atoms with E-state index in [9.17, 15) is 13.2 Å². The molecule has 6 heteroatoms. The maximum atomic E-state index is 11.4. The molecule has 1 aromatic carbocycles. The number of anilines is 1. The van der Waals surface area contributed by atoms with Crippen LogP contribution in [0.5, 0.6) is 0 Å². The van der Waals surface area contributed by atoms with Crippen molar-refractivity contribution in [3.8, 4) is 0 Å². The van der Waals surface area contributed by atoms with Gasteiger partial charge in [-0.05, 0) is 30.2 Å². The second-order valence-electron chi connectivity index (χ2n) is 3.86. The number of nitrogens with one attached hydrogen (secondary N) is 1. The van der Waals surface area contributed by atoms with Crippen LogP contribution in [0.15, 0.2) is 18.2 Å². The van der Waals surface area contributed by atoms with Crippen molar-refractivity contribution in [3.63, 3.8) is 0 Å². The molecule has 0 fully saturated rings. The average Bonchev–Trinajstić information content (AvgIpc) is 2.51. The van der Waals surface area contributed by atoms with Gasteiger partial charge in [0.25, 0.3) is 0 Å². The Kier molecular flexibility index (Phi) is 3.06. The molecule has 0 bridgehead atoms. The molecule has 1 amide bonds. The highest BCUT2D eigenvalue weighted by Gasteiger charge is 2.24. The second-order valence-corrected chi connectivity index (χ2v) is 5.93. The van der Waals surface area contributed by atoms with E-state index in [1.807, 2.05) is 0 Å². The highest BCUT2D eigenvalue weighted by molar-refractivity contribution is 7.90. The molecule has 92 valence electrons. The maximum Gasteiger partial charge on any atom is 0.411 e. The maximum absolute atomic E-state index is 11.4. The molecule has 0 saturated heterocycles. The first-order chi connectivity index (χ1) is 8.00. The summed E-state index contributed by atoms with van der Waals surface area (Å²) in [5, 5.41) is 2.54. The lowest BCUT2D eigenvalue weighted by Gasteiger charge is -2.06. The van der Waals surface area contributed by atoms with E-state index in [-0.39, 0.29) is 11.5 Å². The van der Waals surface area contributed by atoms with Crippen molar-refractivity contribution in [2.45, 2.75) is 18.4 Å². The van der Waals surface area contributed by atoms with Crippen LogP contribution in [0.1, 0.15) is 18.1 Å². The van der Waals surface area contributed by atoms with Crippen LogP contribution in [-0.2, 0) is 26.1 Å². The zero-order chi connectivity index (χ0) is 12.5. The van der Waals surface area contributed by atoms with Gasteiger partial charge in [-0.15, -0.1) is 0 Å². The van der Waals surface area contributed by atoms with Gasteiger partial charge in [0.05, 0.1) is 18.1 Å². The molecule has 1 aromatic rings. The number of hydrogen-bond donors (Lipinski definition) is 1. The smallest absolute Gasteiger partial charge is 0.411 e. The molecule has 0 aliphatic carbocycles. The Balaban J connectivity index is 2.16. The van der Waals surface area contributed by atoms with Crippen molar-refractivity contribution in [2.75, 3.05) is 11.9 Å². The van der Waals surface area contributed by atoms with Crippen molar-refractivity contribution in [3.05, 3.63) is 29.3 Å². The Labute approximate surface area is 99.7 Å². The van der Waals surface area contributed by atoms with Crippen molar-refractivity contribution >= 4 is 21.6 Å². The molecule has 1 aliphatic heterocycles. The van der Waals surface area contributed by atoms with Gasteiger partial charge < -0.3 is 4.74 Å². The zero-order valence-corrected chi connectivity index (χ0v) is 10.2. The van der Waals surface area contributed by atoms with Crippen molar-refractivity contribution in [2.24, 2.45) is 0 Å². The highest BCUT2D eigenvalue weighted by Crippen LogP contribution is 2.27. The van der Waals surface area contributed by atoms with Gasteiger partial charge in [-0.25, -0.2) is 13.2 Å². The lowest BCUT2D eigenvalue weighted by molar-refractivity contribution is 0.168. The molecule has 1 heterocycles. The Hall–Kier alpha value is -1.56. The standard InChI is InChI=1S/C11H13NO4S/c1-2-16-11(13)12-10-4-3-8-6-17(14,15)7-9(8)5-10/h3-5H,2,6-7H2,1H3,(H,12,13). The van der Waals surface area contributed by atoms with E-state index in [1.54, 1.807) is 25.1 Å². The van der Waals surface area contributed by atoms with E-state index >= 15 is 0 Å². The third-order valence-corrected chi connectivity index (χ3v) is 3.98. The second kappa shape index (κ2) is 4.37. The number of amides is 1. The summed E-state index contributed by atoms with van der Waals surface area (Å²) >= 11 is 0. The van der Waals surface area contributed by atoms with Gasteiger partial charge in [0, 0.05) is 5.69 Å². The summed E-state index contributed by atoms with van der Waals surface area (Å²) in [5.74, 6) is 0.128. The molecule has 2 rings (SSSR count). The molecular weight excluding hydrogens is 242 g/mol. The van der Waals surface area contributed by atoms with Crippen LogP contribution in [0.2, 0.25) is 0 Å². The number of fused-ring (bicyclic) bond motifs is 1. The Morgan fingerprint density at radius 2 is 2.06 bits per heavy atom. The van der Waals surface area contributed by atoms with Crippen molar-refractivity contribution in [1.82, 2.24) is 0 Å². The molecule has 17 heavy (non-hydrogen) atoms. The normalized spacial score (nSPS) is 16.3. The first kappa shape index (κ1) is 11.9. The van der Waals surface area contributed by atoms with E-state index < -0.39 is 15.9 Å². The Morgan fingerprint density at radius 3 is 2.76 bits per heavy atom. The lowest BCUT2D eigenvalue weighted by Crippen LogP contribution is -2.13. The fourth-order valence-corrected chi connectivity index (χ4v) is 3.39. The molecule has 0 unspecified atom stereocenters. The van der Waals surface area contributed by atoms with Gasteiger partial charge in [0.2, 0.25) is 0 Å². The van der Waals surface area contributed by atoms with E-state index in [2.05, 4.69) is 5.32 Å². The molecule has 0 radical (unpaired) electrons. The summed E-state index contributed by atoms with van der Waals surface area (Å²) in [6.45, 7) is 2.01. The van der Waals surface area contributed by atoms with Crippen LogP contribution in [0.25, 0.3) is 0 Å². The largest absolute Gasteiger partial charge is 0.450 e. The molecular formula is C11H13NO4S. The monoisotopic (exact) mass is 255 g/mol.